The third kappa shape index (κ3) is 2.70. The van der Waals surface area contributed by atoms with Gasteiger partial charge in [-0.05, 0) is 42.4 Å². The molecule has 4 heteroatoms. The zero-order valence-corrected chi connectivity index (χ0v) is 10.0. The van der Waals surface area contributed by atoms with Crippen LogP contribution in [0.25, 0.3) is 0 Å². The quantitative estimate of drug-likeness (QED) is 0.554. The maximum atomic E-state index is 11.2. The lowest BCUT2D eigenvalue weighted by Gasteiger charge is -2.18. The Balaban J connectivity index is 2.04. The minimum absolute atomic E-state index is 0.114. The van der Waals surface area contributed by atoms with Gasteiger partial charge in [-0.15, -0.1) is 0 Å². The average molecular weight is 236 g/mol. The highest BCUT2D eigenvalue weighted by atomic mass is 32.1. The van der Waals surface area contributed by atoms with E-state index in [0.29, 0.717) is 6.42 Å². The van der Waals surface area contributed by atoms with Gasteiger partial charge in [0.25, 0.3) is 0 Å². The molecule has 16 heavy (non-hydrogen) atoms. The van der Waals surface area contributed by atoms with Crippen LogP contribution in [0.2, 0.25) is 0 Å². The number of hydrogen-bond donors (Lipinski definition) is 3. The maximum Gasteiger partial charge on any atom is 0.224 e. The van der Waals surface area contributed by atoms with Crippen LogP contribution in [0.3, 0.4) is 0 Å². The Kier molecular flexibility index (Phi) is 3.72. The highest BCUT2D eigenvalue weighted by Gasteiger charge is 2.14. The van der Waals surface area contributed by atoms with Crippen molar-refractivity contribution < 1.29 is 4.79 Å². The van der Waals surface area contributed by atoms with Gasteiger partial charge in [-0.1, -0.05) is 0 Å². The molecule has 1 aromatic rings. The molecule has 1 aliphatic heterocycles. The molecular formula is C12H16N2OS. The lowest BCUT2D eigenvalue weighted by atomic mass is 10.0. The van der Waals surface area contributed by atoms with Crippen LogP contribution in [0.4, 0.5) is 11.4 Å². The average Bonchev–Trinajstić information content (AvgIpc) is 2.29. The Morgan fingerprint density at radius 3 is 3.06 bits per heavy atom. The molecule has 0 saturated heterocycles. The monoisotopic (exact) mass is 236 g/mol. The highest BCUT2D eigenvalue weighted by Crippen LogP contribution is 2.25. The minimum atomic E-state index is 0.114. The van der Waals surface area contributed by atoms with Gasteiger partial charge in [0.15, 0.2) is 0 Å². The van der Waals surface area contributed by atoms with Crippen molar-refractivity contribution in [1.29, 1.82) is 0 Å². The molecule has 2 N–H and O–H groups in total. The van der Waals surface area contributed by atoms with E-state index in [1.54, 1.807) is 0 Å². The van der Waals surface area contributed by atoms with E-state index in [4.69, 9.17) is 0 Å². The second kappa shape index (κ2) is 5.25. The Morgan fingerprint density at radius 2 is 2.25 bits per heavy atom. The molecule has 0 bridgehead atoms. The molecule has 1 aliphatic rings. The third-order valence-corrected chi connectivity index (χ3v) is 2.98. The summed E-state index contributed by atoms with van der Waals surface area (Å²) in [5, 5.41) is 6.22. The topological polar surface area (TPSA) is 41.1 Å². The summed E-state index contributed by atoms with van der Waals surface area (Å²) in [5.74, 6) is 1.01. The molecule has 0 atom stereocenters. The van der Waals surface area contributed by atoms with Crippen LogP contribution in [0, 0.1) is 0 Å². The van der Waals surface area contributed by atoms with Gasteiger partial charge in [0.05, 0.1) is 0 Å². The molecule has 0 aromatic heterocycles. The van der Waals surface area contributed by atoms with Gasteiger partial charge in [0.1, 0.15) is 0 Å². The van der Waals surface area contributed by atoms with E-state index in [0.717, 1.165) is 36.5 Å². The van der Waals surface area contributed by atoms with Gasteiger partial charge in [-0.2, -0.15) is 12.6 Å². The van der Waals surface area contributed by atoms with Crippen molar-refractivity contribution in [2.75, 3.05) is 22.9 Å². The molecule has 1 heterocycles. The molecule has 0 spiro atoms. The lowest BCUT2D eigenvalue weighted by molar-refractivity contribution is -0.116. The fraction of sp³-hybridized carbons (Fsp3) is 0.417. The number of thiol groups is 1. The summed E-state index contributed by atoms with van der Waals surface area (Å²) < 4.78 is 0. The summed E-state index contributed by atoms with van der Waals surface area (Å²) in [6.07, 6.45) is 2.48. The fourth-order valence-electron chi connectivity index (χ4n) is 1.81. The molecule has 0 radical (unpaired) electrons. The number of carbonyl (C=O) groups excluding carboxylic acids is 1. The smallest absolute Gasteiger partial charge is 0.224 e. The SMILES string of the molecule is O=C1CCc2cc(NCCCS)ccc2N1. The highest BCUT2D eigenvalue weighted by molar-refractivity contribution is 7.80. The van der Waals surface area contributed by atoms with Crippen molar-refractivity contribution in [2.24, 2.45) is 0 Å². The first-order valence-electron chi connectivity index (χ1n) is 5.57. The molecular weight excluding hydrogens is 220 g/mol. The molecule has 3 nitrogen and oxygen atoms in total. The van der Waals surface area contributed by atoms with Gasteiger partial charge in [-0.25, -0.2) is 0 Å². The van der Waals surface area contributed by atoms with Crippen molar-refractivity contribution in [3.8, 4) is 0 Å². The van der Waals surface area contributed by atoms with Crippen LogP contribution >= 0.6 is 12.6 Å². The van der Waals surface area contributed by atoms with E-state index in [1.165, 1.54) is 5.56 Å². The summed E-state index contributed by atoms with van der Waals surface area (Å²) in [5.41, 5.74) is 3.29. The van der Waals surface area contributed by atoms with E-state index >= 15 is 0 Å². The predicted molar refractivity (Wildman–Crippen MR) is 70.4 cm³/mol. The summed E-state index contributed by atoms with van der Waals surface area (Å²) >= 11 is 4.17. The molecule has 1 amide bonds. The second-order valence-corrected chi connectivity index (χ2v) is 4.37. The minimum Gasteiger partial charge on any atom is -0.385 e. The fourth-order valence-corrected chi connectivity index (χ4v) is 1.96. The van der Waals surface area contributed by atoms with E-state index < -0.39 is 0 Å². The number of nitrogens with one attached hydrogen (secondary N) is 2. The summed E-state index contributed by atoms with van der Waals surface area (Å²) in [7, 11) is 0. The van der Waals surface area contributed by atoms with Crippen molar-refractivity contribution in [3.63, 3.8) is 0 Å². The van der Waals surface area contributed by atoms with Crippen LogP contribution in [0.15, 0.2) is 18.2 Å². The standard InChI is InChI=1S/C12H16N2OS/c15-12-5-2-9-8-10(13-6-1-7-16)3-4-11(9)14-12/h3-4,8,13,16H,1-2,5-7H2,(H,14,15). The van der Waals surface area contributed by atoms with E-state index in [-0.39, 0.29) is 5.91 Å². The summed E-state index contributed by atoms with van der Waals surface area (Å²) in [6.45, 7) is 0.939. The van der Waals surface area contributed by atoms with Crippen LogP contribution in [-0.4, -0.2) is 18.2 Å². The molecule has 86 valence electrons. The number of hydrogen-bond acceptors (Lipinski definition) is 3. The van der Waals surface area contributed by atoms with Crippen molar-refractivity contribution in [2.45, 2.75) is 19.3 Å². The van der Waals surface area contributed by atoms with Gasteiger partial charge in [-0.3, -0.25) is 4.79 Å². The molecule has 0 unspecified atom stereocenters. The Hall–Kier alpha value is -1.16. The molecule has 0 saturated carbocycles. The number of fused-ring (bicyclic) bond motifs is 1. The van der Waals surface area contributed by atoms with Gasteiger partial charge in [0.2, 0.25) is 5.91 Å². The zero-order chi connectivity index (χ0) is 11.4. The summed E-state index contributed by atoms with van der Waals surface area (Å²) in [4.78, 5) is 11.2. The normalized spacial score (nSPS) is 14.2. The first kappa shape index (κ1) is 11.3. The Bertz CT molecular complexity index is 393. The van der Waals surface area contributed by atoms with Gasteiger partial charge >= 0.3 is 0 Å². The Morgan fingerprint density at radius 1 is 1.38 bits per heavy atom. The van der Waals surface area contributed by atoms with Crippen molar-refractivity contribution >= 4 is 29.9 Å². The van der Waals surface area contributed by atoms with Gasteiger partial charge < -0.3 is 10.6 Å². The first-order valence-corrected chi connectivity index (χ1v) is 6.20. The molecule has 0 fully saturated rings. The van der Waals surface area contributed by atoms with E-state index in [2.05, 4.69) is 29.3 Å². The van der Waals surface area contributed by atoms with Crippen LogP contribution < -0.4 is 10.6 Å². The predicted octanol–water partition coefficient (Wildman–Crippen LogP) is 2.30. The Labute approximate surface area is 101 Å². The van der Waals surface area contributed by atoms with Crippen LogP contribution in [-0.2, 0) is 11.2 Å². The number of carbonyl (C=O) groups is 1. The number of aryl methyl sites for hydroxylation is 1. The number of benzene rings is 1. The van der Waals surface area contributed by atoms with Crippen LogP contribution in [0.1, 0.15) is 18.4 Å². The largest absolute Gasteiger partial charge is 0.385 e. The molecule has 1 aromatic carbocycles. The van der Waals surface area contributed by atoms with Crippen LogP contribution in [0.5, 0.6) is 0 Å². The van der Waals surface area contributed by atoms with Crippen molar-refractivity contribution in [1.82, 2.24) is 0 Å². The van der Waals surface area contributed by atoms with E-state index in [1.807, 2.05) is 12.1 Å². The first-order chi connectivity index (χ1) is 7.79. The third-order valence-electron chi connectivity index (χ3n) is 2.66. The maximum absolute atomic E-state index is 11.2. The van der Waals surface area contributed by atoms with Gasteiger partial charge in [0, 0.05) is 24.3 Å². The lowest BCUT2D eigenvalue weighted by Crippen LogP contribution is -2.19. The van der Waals surface area contributed by atoms with E-state index in [9.17, 15) is 4.79 Å². The molecule has 0 aliphatic carbocycles. The van der Waals surface area contributed by atoms with Crippen molar-refractivity contribution in [3.05, 3.63) is 23.8 Å². The summed E-state index contributed by atoms with van der Waals surface area (Å²) in [6, 6.07) is 6.09. The number of anilines is 2. The number of rotatable bonds is 4. The number of amides is 1. The zero-order valence-electron chi connectivity index (χ0n) is 9.12. The second-order valence-electron chi connectivity index (χ2n) is 3.92. The molecule has 2 rings (SSSR count).